The Kier molecular flexibility index (Phi) is 6.04. The fourth-order valence-corrected chi connectivity index (χ4v) is 3.64. The number of piperazine rings is 1. The molecule has 0 unspecified atom stereocenters. The van der Waals surface area contributed by atoms with Crippen LogP contribution in [0.3, 0.4) is 0 Å². The fourth-order valence-electron chi connectivity index (χ4n) is 3.64. The number of hydrogen-bond donors (Lipinski definition) is 3. The van der Waals surface area contributed by atoms with Crippen molar-refractivity contribution >= 4 is 6.21 Å². The van der Waals surface area contributed by atoms with Crippen LogP contribution in [-0.4, -0.2) is 65.0 Å². The van der Waals surface area contributed by atoms with Gasteiger partial charge in [-0.2, -0.15) is 0 Å². The standard InChI is InChI=1S/C17H27N5O3/c23-15-14(12-19-8-11-21-9-6-18-7-10-21)16(24)22(17(25)20-15)13-4-2-1-3-5-13/h12-13,18,24H,1-11H2,(H,20,23,25). The lowest BCUT2D eigenvalue weighted by Gasteiger charge is -2.26. The number of hydrogen-bond acceptors (Lipinski definition) is 6. The molecule has 2 aliphatic rings. The van der Waals surface area contributed by atoms with Crippen molar-refractivity contribution in [2.24, 2.45) is 4.99 Å². The Morgan fingerprint density at radius 3 is 2.60 bits per heavy atom. The zero-order valence-corrected chi connectivity index (χ0v) is 14.5. The van der Waals surface area contributed by atoms with Crippen LogP contribution in [0.5, 0.6) is 5.88 Å². The molecule has 138 valence electrons. The number of aromatic hydroxyl groups is 1. The van der Waals surface area contributed by atoms with Crippen molar-refractivity contribution in [3.63, 3.8) is 0 Å². The van der Waals surface area contributed by atoms with Gasteiger partial charge in [-0.3, -0.25) is 24.2 Å². The van der Waals surface area contributed by atoms with Gasteiger partial charge in [-0.05, 0) is 12.8 Å². The summed E-state index contributed by atoms with van der Waals surface area (Å²) >= 11 is 0. The van der Waals surface area contributed by atoms with Crippen LogP contribution >= 0.6 is 0 Å². The SMILES string of the molecule is O=c1[nH]c(=O)n(C2CCCCC2)c(O)c1C=NCCN1CCNCC1. The molecule has 1 aliphatic carbocycles. The minimum absolute atomic E-state index is 0.0499. The van der Waals surface area contributed by atoms with Crippen LogP contribution in [-0.2, 0) is 0 Å². The summed E-state index contributed by atoms with van der Waals surface area (Å²) in [7, 11) is 0. The number of aromatic amines is 1. The van der Waals surface area contributed by atoms with E-state index in [9.17, 15) is 14.7 Å². The van der Waals surface area contributed by atoms with Crippen LogP contribution in [0.1, 0.15) is 43.7 Å². The van der Waals surface area contributed by atoms with Crippen LogP contribution in [0.15, 0.2) is 14.6 Å². The number of aliphatic imine (C=N–C) groups is 1. The second kappa shape index (κ2) is 8.44. The van der Waals surface area contributed by atoms with E-state index in [1.165, 1.54) is 10.8 Å². The lowest BCUT2D eigenvalue weighted by atomic mass is 9.95. The van der Waals surface area contributed by atoms with Crippen LogP contribution in [0.4, 0.5) is 0 Å². The third kappa shape index (κ3) is 4.38. The van der Waals surface area contributed by atoms with E-state index in [0.29, 0.717) is 6.54 Å². The van der Waals surface area contributed by atoms with Gasteiger partial charge in [0.25, 0.3) is 5.56 Å². The third-order valence-corrected chi connectivity index (χ3v) is 5.07. The molecule has 0 bridgehead atoms. The van der Waals surface area contributed by atoms with Crippen LogP contribution in [0, 0.1) is 0 Å². The summed E-state index contributed by atoms with van der Waals surface area (Å²) in [5.41, 5.74) is -1.04. The number of H-pyrrole nitrogens is 1. The molecule has 8 nitrogen and oxygen atoms in total. The first-order valence-electron chi connectivity index (χ1n) is 9.17. The molecule has 25 heavy (non-hydrogen) atoms. The highest BCUT2D eigenvalue weighted by Crippen LogP contribution is 2.29. The molecular weight excluding hydrogens is 322 g/mol. The van der Waals surface area contributed by atoms with Gasteiger partial charge in [-0.25, -0.2) is 4.79 Å². The highest BCUT2D eigenvalue weighted by Gasteiger charge is 2.22. The maximum atomic E-state index is 12.1. The Bertz CT molecular complexity index is 712. The van der Waals surface area contributed by atoms with E-state index in [1.807, 2.05) is 0 Å². The van der Waals surface area contributed by atoms with Crippen LogP contribution in [0.25, 0.3) is 0 Å². The highest BCUT2D eigenvalue weighted by atomic mass is 16.3. The third-order valence-electron chi connectivity index (χ3n) is 5.07. The Balaban J connectivity index is 1.72. The van der Waals surface area contributed by atoms with E-state index in [4.69, 9.17) is 0 Å². The van der Waals surface area contributed by atoms with Crippen LogP contribution in [0.2, 0.25) is 0 Å². The van der Waals surface area contributed by atoms with Crippen molar-refractivity contribution in [2.75, 3.05) is 39.3 Å². The number of rotatable bonds is 5. The first-order valence-corrected chi connectivity index (χ1v) is 9.17. The molecule has 1 aromatic heterocycles. The van der Waals surface area contributed by atoms with Crippen molar-refractivity contribution in [1.82, 2.24) is 19.8 Å². The largest absolute Gasteiger partial charge is 0.494 e. The Morgan fingerprint density at radius 2 is 1.88 bits per heavy atom. The molecule has 1 saturated heterocycles. The molecule has 1 saturated carbocycles. The summed E-state index contributed by atoms with van der Waals surface area (Å²) in [6.07, 6.45) is 6.30. The normalized spacial score (nSPS) is 20.3. The molecule has 8 heteroatoms. The minimum atomic E-state index is -0.583. The smallest absolute Gasteiger partial charge is 0.331 e. The average Bonchev–Trinajstić information content (AvgIpc) is 2.62. The van der Waals surface area contributed by atoms with Gasteiger partial charge in [0, 0.05) is 45.0 Å². The lowest BCUT2D eigenvalue weighted by Crippen LogP contribution is -2.44. The van der Waals surface area contributed by atoms with E-state index < -0.39 is 11.2 Å². The van der Waals surface area contributed by atoms with Gasteiger partial charge >= 0.3 is 5.69 Å². The van der Waals surface area contributed by atoms with Gasteiger partial charge in [0.05, 0.1) is 6.54 Å². The van der Waals surface area contributed by atoms with Crippen molar-refractivity contribution in [3.8, 4) is 5.88 Å². The average molecular weight is 349 g/mol. The monoisotopic (exact) mass is 349 g/mol. The summed E-state index contributed by atoms with van der Waals surface area (Å²) < 4.78 is 1.33. The topological polar surface area (TPSA) is 103 Å². The van der Waals surface area contributed by atoms with Crippen molar-refractivity contribution in [3.05, 3.63) is 26.4 Å². The molecule has 0 aromatic carbocycles. The predicted octanol–water partition coefficient (Wildman–Crippen LogP) is 0.0715. The maximum Gasteiger partial charge on any atom is 0.331 e. The van der Waals surface area contributed by atoms with Gasteiger partial charge < -0.3 is 10.4 Å². The van der Waals surface area contributed by atoms with Gasteiger partial charge in [-0.15, -0.1) is 0 Å². The zero-order chi connectivity index (χ0) is 17.6. The van der Waals surface area contributed by atoms with E-state index in [2.05, 4.69) is 20.2 Å². The van der Waals surface area contributed by atoms with Crippen molar-refractivity contribution in [2.45, 2.75) is 38.1 Å². The Labute approximate surface area is 146 Å². The Hall–Kier alpha value is -1.93. The highest BCUT2D eigenvalue weighted by molar-refractivity contribution is 5.81. The zero-order valence-electron chi connectivity index (χ0n) is 14.5. The van der Waals surface area contributed by atoms with Gasteiger partial charge in [0.1, 0.15) is 5.56 Å². The molecule has 0 atom stereocenters. The summed E-state index contributed by atoms with van der Waals surface area (Å²) in [4.78, 5) is 33.1. The first-order chi connectivity index (χ1) is 12.2. The molecule has 0 radical (unpaired) electrons. The second-order valence-electron chi connectivity index (χ2n) is 6.79. The van der Waals surface area contributed by atoms with Gasteiger partial charge in [0.2, 0.25) is 5.88 Å². The van der Waals surface area contributed by atoms with E-state index in [-0.39, 0.29) is 17.5 Å². The minimum Gasteiger partial charge on any atom is -0.494 e. The van der Waals surface area contributed by atoms with Crippen molar-refractivity contribution < 1.29 is 5.11 Å². The summed E-state index contributed by atoms with van der Waals surface area (Å²) in [6, 6.07) is -0.0499. The molecule has 2 heterocycles. The molecule has 3 rings (SSSR count). The Morgan fingerprint density at radius 1 is 1.16 bits per heavy atom. The van der Waals surface area contributed by atoms with E-state index >= 15 is 0 Å². The van der Waals surface area contributed by atoms with Crippen LogP contribution < -0.4 is 16.6 Å². The number of aromatic nitrogens is 2. The van der Waals surface area contributed by atoms with Gasteiger partial charge in [-0.1, -0.05) is 19.3 Å². The van der Waals surface area contributed by atoms with E-state index in [1.54, 1.807) is 0 Å². The van der Waals surface area contributed by atoms with E-state index in [0.717, 1.165) is 64.8 Å². The second-order valence-corrected chi connectivity index (χ2v) is 6.79. The fraction of sp³-hybridized carbons (Fsp3) is 0.706. The lowest BCUT2D eigenvalue weighted by molar-refractivity contribution is 0.248. The molecular formula is C17H27N5O3. The summed E-state index contributed by atoms with van der Waals surface area (Å²) in [5.74, 6) is -0.258. The quantitative estimate of drug-likeness (QED) is 0.653. The first kappa shape index (κ1) is 17.9. The maximum absolute atomic E-state index is 12.1. The molecule has 0 spiro atoms. The number of nitrogens with zero attached hydrogens (tertiary/aromatic N) is 3. The number of nitrogens with one attached hydrogen (secondary N) is 2. The molecule has 0 amide bonds. The molecule has 1 aromatic rings. The molecule has 3 N–H and O–H groups in total. The van der Waals surface area contributed by atoms with Crippen molar-refractivity contribution in [1.29, 1.82) is 0 Å². The summed E-state index contributed by atoms with van der Waals surface area (Å²) in [6.45, 7) is 5.33. The predicted molar refractivity (Wildman–Crippen MR) is 96.9 cm³/mol. The summed E-state index contributed by atoms with van der Waals surface area (Å²) in [5, 5.41) is 13.8. The molecule has 2 fully saturated rings. The molecule has 1 aliphatic heterocycles. The van der Waals surface area contributed by atoms with Gasteiger partial charge in [0.15, 0.2) is 0 Å².